The van der Waals surface area contributed by atoms with Crippen molar-refractivity contribution < 1.29 is 5.11 Å². The third kappa shape index (κ3) is 3.47. The molecule has 106 valence electrons. The van der Waals surface area contributed by atoms with Crippen molar-refractivity contribution in [1.29, 1.82) is 0 Å². The Kier molecular flexibility index (Phi) is 4.80. The molecular formula is C15H25N3O. The number of aliphatic hydroxyl groups excluding tert-OH is 1. The molecule has 4 heteroatoms. The first-order valence-corrected chi connectivity index (χ1v) is 7.01. The molecule has 1 aliphatic rings. The number of nitrogens with zero attached hydrogens (tertiary/aromatic N) is 2. The van der Waals surface area contributed by atoms with Crippen LogP contribution in [0, 0.1) is 0 Å². The number of rotatable bonds is 4. The number of nitrogens with two attached hydrogens (primary N) is 1. The Morgan fingerprint density at radius 3 is 2.32 bits per heavy atom. The molecule has 1 aromatic carbocycles. The van der Waals surface area contributed by atoms with Crippen molar-refractivity contribution >= 4 is 5.69 Å². The Bertz CT molecular complexity index is 383. The van der Waals surface area contributed by atoms with E-state index in [1.165, 1.54) is 11.3 Å². The van der Waals surface area contributed by atoms with Crippen LogP contribution in [0.3, 0.4) is 0 Å². The molecule has 1 atom stereocenters. The van der Waals surface area contributed by atoms with Crippen LogP contribution in [-0.2, 0) is 0 Å². The van der Waals surface area contributed by atoms with E-state index < -0.39 is 0 Å². The van der Waals surface area contributed by atoms with E-state index >= 15 is 0 Å². The minimum Gasteiger partial charge on any atom is -0.393 e. The van der Waals surface area contributed by atoms with Crippen molar-refractivity contribution in [2.75, 3.05) is 38.6 Å². The van der Waals surface area contributed by atoms with Crippen molar-refractivity contribution in [3.8, 4) is 0 Å². The molecule has 4 nitrogen and oxygen atoms in total. The molecule has 1 fully saturated rings. The Hall–Kier alpha value is -1.10. The predicted molar refractivity (Wildman–Crippen MR) is 79.4 cm³/mol. The average molecular weight is 263 g/mol. The molecule has 0 spiro atoms. The highest BCUT2D eigenvalue weighted by atomic mass is 16.3. The summed E-state index contributed by atoms with van der Waals surface area (Å²) in [6.07, 6.45) is 1.57. The molecule has 0 radical (unpaired) electrons. The van der Waals surface area contributed by atoms with Crippen LogP contribution < -0.4 is 10.6 Å². The highest BCUT2D eigenvalue weighted by Gasteiger charge is 2.24. The third-order valence-electron chi connectivity index (χ3n) is 3.96. The van der Waals surface area contributed by atoms with Crippen LogP contribution >= 0.6 is 0 Å². The number of aliphatic hydroxyl groups is 1. The lowest BCUT2D eigenvalue weighted by atomic mass is 10.0. The van der Waals surface area contributed by atoms with Crippen LogP contribution in [0.1, 0.15) is 24.4 Å². The number of hydrogen-bond donors (Lipinski definition) is 2. The number of hydrogen-bond acceptors (Lipinski definition) is 4. The molecule has 1 saturated heterocycles. The van der Waals surface area contributed by atoms with E-state index in [1.54, 1.807) is 0 Å². The fraction of sp³-hybridized carbons (Fsp3) is 0.600. The minimum absolute atomic E-state index is 0.134. The van der Waals surface area contributed by atoms with Gasteiger partial charge in [-0.25, -0.2) is 0 Å². The van der Waals surface area contributed by atoms with Gasteiger partial charge in [0.05, 0.1) is 6.10 Å². The van der Waals surface area contributed by atoms with Crippen LogP contribution in [0.4, 0.5) is 5.69 Å². The van der Waals surface area contributed by atoms with E-state index in [2.05, 4.69) is 34.1 Å². The molecule has 0 amide bonds. The van der Waals surface area contributed by atoms with Crippen LogP contribution in [0.5, 0.6) is 0 Å². The van der Waals surface area contributed by atoms with Gasteiger partial charge in [-0.2, -0.15) is 0 Å². The molecule has 0 bridgehead atoms. The topological polar surface area (TPSA) is 52.7 Å². The summed E-state index contributed by atoms with van der Waals surface area (Å²) < 4.78 is 0. The second kappa shape index (κ2) is 6.37. The van der Waals surface area contributed by atoms with Gasteiger partial charge in [-0.05, 0) is 30.5 Å². The Balaban J connectivity index is 2.08. The first-order valence-electron chi connectivity index (χ1n) is 7.01. The van der Waals surface area contributed by atoms with E-state index in [4.69, 9.17) is 5.73 Å². The van der Waals surface area contributed by atoms with E-state index in [-0.39, 0.29) is 12.1 Å². The minimum atomic E-state index is -0.134. The second-order valence-corrected chi connectivity index (χ2v) is 5.50. The lowest BCUT2D eigenvalue weighted by Crippen LogP contribution is -2.41. The standard InChI is InChI=1S/C15H25N3O/c1-17(2)13-5-3-12(4-6-13)15(11-16)18-9-7-14(19)8-10-18/h3-6,14-15,19H,7-11,16H2,1-2H3. The van der Waals surface area contributed by atoms with Gasteiger partial charge in [0.15, 0.2) is 0 Å². The van der Waals surface area contributed by atoms with Gasteiger partial charge in [-0.15, -0.1) is 0 Å². The average Bonchev–Trinajstić information content (AvgIpc) is 2.42. The summed E-state index contributed by atoms with van der Waals surface area (Å²) in [7, 11) is 4.09. The summed E-state index contributed by atoms with van der Waals surface area (Å²) in [4.78, 5) is 4.48. The SMILES string of the molecule is CN(C)c1ccc(C(CN)N2CCC(O)CC2)cc1. The number of likely N-dealkylation sites (tertiary alicyclic amines) is 1. The molecule has 0 saturated carbocycles. The normalized spacial score (nSPS) is 19.4. The fourth-order valence-electron chi connectivity index (χ4n) is 2.69. The summed E-state index contributed by atoms with van der Waals surface area (Å²) >= 11 is 0. The summed E-state index contributed by atoms with van der Waals surface area (Å²) in [6.45, 7) is 2.48. The Morgan fingerprint density at radius 2 is 1.84 bits per heavy atom. The number of benzene rings is 1. The Morgan fingerprint density at radius 1 is 1.26 bits per heavy atom. The molecule has 1 heterocycles. The molecule has 3 N–H and O–H groups in total. The van der Waals surface area contributed by atoms with Gasteiger partial charge in [0.1, 0.15) is 0 Å². The summed E-state index contributed by atoms with van der Waals surface area (Å²) in [6, 6.07) is 8.87. The molecule has 19 heavy (non-hydrogen) atoms. The van der Waals surface area contributed by atoms with Crippen molar-refractivity contribution in [2.45, 2.75) is 25.0 Å². The lowest BCUT2D eigenvalue weighted by molar-refractivity contribution is 0.0622. The zero-order valence-corrected chi connectivity index (χ0v) is 11.9. The maximum Gasteiger partial charge on any atom is 0.0564 e. The summed E-state index contributed by atoms with van der Waals surface area (Å²) in [5.41, 5.74) is 8.42. The third-order valence-corrected chi connectivity index (χ3v) is 3.96. The molecule has 1 aromatic rings. The molecular weight excluding hydrogens is 238 g/mol. The smallest absolute Gasteiger partial charge is 0.0564 e. The van der Waals surface area contributed by atoms with Gasteiger partial charge in [-0.1, -0.05) is 12.1 Å². The van der Waals surface area contributed by atoms with Gasteiger partial charge in [0.2, 0.25) is 0 Å². The van der Waals surface area contributed by atoms with Crippen LogP contribution in [0.15, 0.2) is 24.3 Å². The highest BCUT2D eigenvalue weighted by Crippen LogP contribution is 2.25. The van der Waals surface area contributed by atoms with Crippen molar-refractivity contribution in [2.24, 2.45) is 5.73 Å². The monoisotopic (exact) mass is 263 g/mol. The number of piperidine rings is 1. The first kappa shape index (κ1) is 14.3. The van der Waals surface area contributed by atoms with Crippen molar-refractivity contribution in [3.63, 3.8) is 0 Å². The van der Waals surface area contributed by atoms with Crippen LogP contribution in [0.25, 0.3) is 0 Å². The van der Waals surface area contributed by atoms with E-state index in [0.717, 1.165) is 25.9 Å². The first-order chi connectivity index (χ1) is 9.11. The zero-order chi connectivity index (χ0) is 13.8. The molecule has 0 aliphatic carbocycles. The zero-order valence-electron chi connectivity index (χ0n) is 11.9. The van der Waals surface area contributed by atoms with E-state index in [0.29, 0.717) is 6.54 Å². The summed E-state index contributed by atoms with van der Waals surface area (Å²) in [5, 5.41) is 9.59. The van der Waals surface area contributed by atoms with Crippen LogP contribution in [-0.4, -0.2) is 49.8 Å². The van der Waals surface area contributed by atoms with E-state index in [9.17, 15) is 5.11 Å². The van der Waals surface area contributed by atoms with E-state index in [1.807, 2.05) is 14.1 Å². The predicted octanol–water partition coefficient (Wildman–Crippen LogP) is 1.21. The lowest BCUT2D eigenvalue weighted by Gasteiger charge is -2.36. The quantitative estimate of drug-likeness (QED) is 0.857. The van der Waals surface area contributed by atoms with Crippen molar-refractivity contribution in [1.82, 2.24) is 4.90 Å². The molecule has 1 aliphatic heterocycles. The molecule has 1 unspecified atom stereocenters. The number of anilines is 1. The molecule has 0 aromatic heterocycles. The van der Waals surface area contributed by atoms with Gasteiger partial charge in [0, 0.05) is 45.5 Å². The van der Waals surface area contributed by atoms with Gasteiger partial charge < -0.3 is 15.7 Å². The maximum atomic E-state index is 9.59. The van der Waals surface area contributed by atoms with Gasteiger partial charge in [0.25, 0.3) is 0 Å². The highest BCUT2D eigenvalue weighted by molar-refractivity contribution is 5.46. The van der Waals surface area contributed by atoms with Gasteiger partial charge in [-0.3, -0.25) is 4.90 Å². The second-order valence-electron chi connectivity index (χ2n) is 5.50. The largest absolute Gasteiger partial charge is 0.393 e. The van der Waals surface area contributed by atoms with Crippen molar-refractivity contribution in [3.05, 3.63) is 29.8 Å². The Labute approximate surface area is 115 Å². The molecule has 2 rings (SSSR count). The van der Waals surface area contributed by atoms with Crippen LogP contribution in [0.2, 0.25) is 0 Å². The van der Waals surface area contributed by atoms with Gasteiger partial charge >= 0.3 is 0 Å². The maximum absolute atomic E-state index is 9.59. The fourth-order valence-corrected chi connectivity index (χ4v) is 2.69. The summed E-state index contributed by atoms with van der Waals surface area (Å²) in [5.74, 6) is 0.